The number of amides is 1. The van der Waals surface area contributed by atoms with Gasteiger partial charge in [-0.1, -0.05) is 49.1 Å². The van der Waals surface area contributed by atoms with Crippen LogP contribution in [0.4, 0.5) is 5.13 Å². The highest BCUT2D eigenvalue weighted by atomic mass is 32.2. The van der Waals surface area contributed by atoms with Crippen molar-refractivity contribution in [3.05, 3.63) is 35.9 Å². The van der Waals surface area contributed by atoms with Crippen LogP contribution in [0.5, 0.6) is 5.75 Å². The number of nitrogens with one attached hydrogen (secondary N) is 1. The van der Waals surface area contributed by atoms with Crippen LogP contribution in [0, 0.1) is 0 Å². The van der Waals surface area contributed by atoms with Crippen molar-refractivity contribution in [3.8, 4) is 5.75 Å². The lowest BCUT2D eigenvalue weighted by Gasteiger charge is -2.03. The number of benzene rings is 1. The van der Waals surface area contributed by atoms with Gasteiger partial charge in [0.25, 0.3) is 0 Å². The molecule has 122 valence electrons. The van der Waals surface area contributed by atoms with Gasteiger partial charge < -0.3 is 4.74 Å². The molecule has 1 heterocycles. The molecule has 2 aromatic rings. The quantitative estimate of drug-likeness (QED) is 0.442. The molecule has 0 fully saturated rings. The average Bonchev–Trinajstić information content (AvgIpc) is 2.99. The van der Waals surface area contributed by atoms with Gasteiger partial charge in [0.2, 0.25) is 11.0 Å². The molecule has 0 radical (unpaired) electrons. The molecule has 0 spiro atoms. The Balaban J connectivity index is 1.87. The van der Waals surface area contributed by atoms with Crippen molar-refractivity contribution in [2.45, 2.75) is 24.6 Å². The van der Waals surface area contributed by atoms with Crippen LogP contribution in [0.2, 0.25) is 0 Å². The molecular formula is C16H19N3O2S2. The molecule has 23 heavy (non-hydrogen) atoms. The van der Waals surface area contributed by atoms with E-state index in [1.165, 1.54) is 17.4 Å². The highest BCUT2D eigenvalue weighted by Crippen LogP contribution is 2.24. The first-order valence-electron chi connectivity index (χ1n) is 7.39. The zero-order chi connectivity index (χ0) is 16.5. The number of hydrogen-bond acceptors (Lipinski definition) is 6. The van der Waals surface area contributed by atoms with Gasteiger partial charge in [-0.3, -0.25) is 10.1 Å². The third-order valence-corrected chi connectivity index (χ3v) is 4.54. The van der Waals surface area contributed by atoms with Crippen LogP contribution in [0.15, 0.2) is 34.7 Å². The van der Waals surface area contributed by atoms with E-state index in [4.69, 9.17) is 4.74 Å². The Morgan fingerprint density at radius 2 is 2.09 bits per heavy atom. The number of thioether (sulfide) groups is 1. The molecule has 2 rings (SSSR count). The van der Waals surface area contributed by atoms with Gasteiger partial charge in [-0.2, -0.15) is 0 Å². The number of aromatic nitrogens is 2. The van der Waals surface area contributed by atoms with E-state index in [2.05, 4.69) is 22.4 Å². The number of anilines is 1. The molecule has 5 nitrogen and oxygen atoms in total. The molecule has 0 unspecified atom stereocenters. The Labute approximate surface area is 144 Å². The summed E-state index contributed by atoms with van der Waals surface area (Å²) in [6.07, 6.45) is 4.21. The maximum atomic E-state index is 11.9. The molecule has 0 aliphatic carbocycles. The summed E-state index contributed by atoms with van der Waals surface area (Å²) in [5, 5.41) is 11.1. The maximum absolute atomic E-state index is 11.9. The van der Waals surface area contributed by atoms with Crippen LogP contribution in [0.1, 0.15) is 25.8 Å². The molecule has 1 aromatic heterocycles. The molecule has 0 saturated heterocycles. The average molecular weight is 349 g/mol. The Bertz CT molecular complexity index is 654. The summed E-state index contributed by atoms with van der Waals surface area (Å²) in [7, 11) is 0. The van der Waals surface area contributed by atoms with Crippen molar-refractivity contribution < 1.29 is 9.53 Å². The van der Waals surface area contributed by atoms with Gasteiger partial charge in [0.05, 0.1) is 6.61 Å². The number of hydrogen-bond donors (Lipinski definition) is 1. The summed E-state index contributed by atoms with van der Waals surface area (Å²) in [4.78, 5) is 11.9. The van der Waals surface area contributed by atoms with Gasteiger partial charge in [-0.05, 0) is 35.9 Å². The van der Waals surface area contributed by atoms with Crippen molar-refractivity contribution in [1.29, 1.82) is 0 Å². The number of carbonyl (C=O) groups excluding carboxylic acids is 1. The zero-order valence-electron chi connectivity index (χ0n) is 13.1. The fourth-order valence-corrected chi connectivity index (χ4v) is 3.31. The third kappa shape index (κ3) is 6.03. The van der Waals surface area contributed by atoms with Gasteiger partial charge in [0, 0.05) is 6.08 Å². The number of ether oxygens (including phenoxy) is 1. The topological polar surface area (TPSA) is 64.1 Å². The van der Waals surface area contributed by atoms with Crippen LogP contribution in [0.25, 0.3) is 6.08 Å². The summed E-state index contributed by atoms with van der Waals surface area (Å²) in [6, 6.07) is 7.61. The normalized spacial score (nSPS) is 10.9. The largest absolute Gasteiger partial charge is 0.494 e. The maximum Gasteiger partial charge on any atom is 0.250 e. The standard InChI is InChI=1S/C16H19N3O2S2/c1-3-11-21-13-8-5-12(6-9-13)7-10-14(20)17-15-18-19-16(23-15)22-4-2/h5-10H,3-4,11H2,1-2H3,(H,17,18,20)/b10-7+. The monoisotopic (exact) mass is 349 g/mol. The Morgan fingerprint density at radius 3 is 2.78 bits per heavy atom. The minimum absolute atomic E-state index is 0.222. The third-order valence-electron chi connectivity index (χ3n) is 2.68. The van der Waals surface area contributed by atoms with Crippen molar-refractivity contribution in [2.75, 3.05) is 17.7 Å². The van der Waals surface area contributed by atoms with Gasteiger partial charge in [0.1, 0.15) is 5.75 Å². The molecule has 1 N–H and O–H groups in total. The van der Waals surface area contributed by atoms with Gasteiger partial charge in [-0.15, -0.1) is 10.2 Å². The SMILES string of the molecule is CCCOc1ccc(/C=C/C(=O)Nc2nnc(SCC)s2)cc1. The van der Waals surface area contributed by atoms with Crippen molar-refractivity contribution in [1.82, 2.24) is 10.2 Å². The fraction of sp³-hybridized carbons (Fsp3) is 0.312. The fourth-order valence-electron chi connectivity index (χ4n) is 1.66. The number of carbonyl (C=O) groups is 1. The molecule has 0 saturated carbocycles. The second-order valence-electron chi connectivity index (χ2n) is 4.55. The summed E-state index contributed by atoms with van der Waals surface area (Å²) >= 11 is 2.98. The van der Waals surface area contributed by atoms with E-state index >= 15 is 0 Å². The van der Waals surface area contributed by atoms with Crippen molar-refractivity contribution in [3.63, 3.8) is 0 Å². The van der Waals surface area contributed by atoms with Crippen LogP contribution in [0.3, 0.4) is 0 Å². The molecule has 0 aliphatic rings. The summed E-state index contributed by atoms with van der Waals surface area (Å²) in [5.41, 5.74) is 0.934. The molecular weight excluding hydrogens is 330 g/mol. The number of rotatable bonds is 8. The smallest absolute Gasteiger partial charge is 0.250 e. The first kappa shape index (κ1) is 17.5. The highest BCUT2D eigenvalue weighted by molar-refractivity contribution is 8.01. The van der Waals surface area contributed by atoms with Crippen molar-refractivity contribution in [2.24, 2.45) is 0 Å². The van der Waals surface area contributed by atoms with Crippen LogP contribution >= 0.6 is 23.1 Å². The first-order chi connectivity index (χ1) is 11.2. The van der Waals surface area contributed by atoms with Crippen LogP contribution in [-0.2, 0) is 4.79 Å². The van der Waals surface area contributed by atoms with E-state index in [0.717, 1.165) is 27.8 Å². The van der Waals surface area contributed by atoms with Gasteiger partial charge in [0.15, 0.2) is 4.34 Å². The van der Waals surface area contributed by atoms with E-state index in [1.54, 1.807) is 17.8 Å². The minimum Gasteiger partial charge on any atom is -0.494 e. The minimum atomic E-state index is -0.222. The second-order valence-corrected chi connectivity index (χ2v) is 7.03. The van der Waals surface area contributed by atoms with E-state index in [9.17, 15) is 4.79 Å². The van der Waals surface area contributed by atoms with Crippen LogP contribution in [-0.4, -0.2) is 28.5 Å². The van der Waals surface area contributed by atoms with E-state index in [-0.39, 0.29) is 5.91 Å². The molecule has 0 atom stereocenters. The lowest BCUT2D eigenvalue weighted by Crippen LogP contribution is -2.07. The van der Waals surface area contributed by atoms with E-state index < -0.39 is 0 Å². The lowest BCUT2D eigenvalue weighted by atomic mass is 10.2. The Kier molecular flexibility index (Phi) is 7.09. The van der Waals surface area contributed by atoms with Crippen molar-refractivity contribution >= 4 is 40.2 Å². The number of nitrogens with zero attached hydrogens (tertiary/aromatic N) is 2. The molecule has 0 aliphatic heterocycles. The molecule has 7 heteroatoms. The Morgan fingerprint density at radius 1 is 1.30 bits per heavy atom. The molecule has 0 bridgehead atoms. The molecule has 1 aromatic carbocycles. The van der Waals surface area contributed by atoms with Gasteiger partial charge in [-0.25, -0.2) is 0 Å². The highest BCUT2D eigenvalue weighted by Gasteiger charge is 2.05. The first-order valence-corrected chi connectivity index (χ1v) is 9.19. The molecule has 1 amide bonds. The second kappa shape index (κ2) is 9.32. The lowest BCUT2D eigenvalue weighted by molar-refractivity contribution is -0.111. The summed E-state index contributed by atoms with van der Waals surface area (Å²) in [5.74, 6) is 1.55. The van der Waals surface area contributed by atoms with Crippen LogP contribution < -0.4 is 10.1 Å². The predicted molar refractivity (Wildman–Crippen MR) is 96.2 cm³/mol. The van der Waals surface area contributed by atoms with E-state index in [0.29, 0.717) is 11.7 Å². The summed E-state index contributed by atoms with van der Waals surface area (Å²) < 4.78 is 6.37. The Hall–Kier alpha value is -1.86. The predicted octanol–water partition coefficient (Wildman–Crippen LogP) is 4.09. The zero-order valence-corrected chi connectivity index (χ0v) is 14.7. The van der Waals surface area contributed by atoms with E-state index in [1.807, 2.05) is 31.2 Å². The van der Waals surface area contributed by atoms with Gasteiger partial charge >= 0.3 is 0 Å². The summed E-state index contributed by atoms with van der Waals surface area (Å²) in [6.45, 7) is 4.82.